The maximum absolute atomic E-state index is 12.7. The molecular formula is C27H19Cl2N3O5. The summed E-state index contributed by atoms with van der Waals surface area (Å²) in [5, 5.41) is 13.0. The number of ether oxygens (including phenoxy) is 2. The summed E-state index contributed by atoms with van der Waals surface area (Å²) in [6.07, 6.45) is 3.41. The van der Waals surface area contributed by atoms with Crippen LogP contribution in [0.3, 0.4) is 0 Å². The van der Waals surface area contributed by atoms with Gasteiger partial charge in [-0.05, 0) is 48.9 Å². The minimum Gasteiger partial charge on any atom is -0.493 e. The lowest BCUT2D eigenvalue weighted by Crippen LogP contribution is -2.20. The lowest BCUT2D eigenvalue weighted by molar-refractivity contribution is -0.139. The zero-order valence-electron chi connectivity index (χ0n) is 19.2. The Labute approximate surface area is 221 Å². The Kier molecular flexibility index (Phi) is 6.94. The Morgan fingerprint density at radius 1 is 1.03 bits per heavy atom. The molecular weight excluding hydrogens is 517 g/mol. The first-order valence-corrected chi connectivity index (χ1v) is 12.0. The molecule has 0 radical (unpaired) electrons. The van der Waals surface area contributed by atoms with E-state index in [4.69, 9.17) is 32.7 Å². The molecule has 0 saturated carbocycles. The number of anilines is 1. The molecule has 1 aliphatic rings. The first kappa shape index (κ1) is 24.5. The Bertz CT molecular complexity index is 1480. The van der Waals surface area contributed by atoms with Crippen LogP contribution in [0.1, 0.15) is 28.3 Å². The van der Waals surface area contributed by atoms with Gasteiger partial charge in [-0.25, -0.2) is 4.98 Å². The van der Waals surface area contributed by atoms with Crippen LogP contribution in [-0.4, -0.2) is 33.6 Å². The SMILES string of the molecule is O=C(Nc1cnc(-c2cccc(Cl)c2)cn1)c1ccc(Oc2cc3c(cc2Cl)C(C(=O)O)CCO3)cc1. The monoisotopic (exact) mass is 535 g/mol. The quantitative estimate of drug-likeness (QED) is 0.292. The number of aromatic nitrogens is 2. The number of rotatable bonds is 6. The number of carboxylic acids is 1. The summed E-state index contributed by atoms with van der Waals surface area (Å²) in [5.74, 6) is -0.477. The van der Waals surface area contributed by atoms with Crippen LogP contribution in [0, 0.1) is 0 Å². The predicted molar refractivity (Wildman–Crippen MR) is 139 cm³/mol. The fourth-order valence-electron chi connectivity index (χ4n) is 3.90. The number of aliphatic carboxylic acids is 1. The van der Waals surface area contributed by atoms with Crippen LogP contribution < -0.4 is 14.8 Å². The van der Waals surface area contributed by atoms with Gasteiger partial charge in [0, 0.05) is 27.8 Å². The lowest BCUT2D eigenvalue weighted by atomic mass is 9.93. The van der Waals surface area contributed by atoms with Crippen LogP contribution in [0.5, 0.6) is 17.2 Å². The van der Waals surface area contributed by atoms with E-state index in [1.165, 1.54) is 6.20 Å². The second kappa shape index (κ2) is 10.5. The Balaban J connectivity index is 1.25. The van der Waals surface area contributed by atoms with E-state index in [0.717, 1.165) is 5.56 Å². The predicted octanol–water partition coefficient (Wildman–Crippen LogP) is 6.45. The van der Waals surface area contributed by atoms with E-state index >= 15 is 0 Å². The van der Waals surface area contributed by atoms with Crippen LogP contribution in [0.2, 0.25) is 10.0 Å². The molecule has 2 heterocycles. The molecule has 0 fully saturated rings. The molecule has 10 heteroatoms. The molecule has 3 aromatic carbocycles. The molecule has 0 spiro atoms. The number of amides is 1. The molecule has 186 valence electrons. The molecule has 1 atom stereocenters. The fourth-order valence-corrected chi connectivity index (χ4v) is 4.30. The largest absolute Gasteiger partial charge is 0.493 e. The first-order valence-electron chi connectivity index (χ1n) is 11.2. The Hall–Kier alpha value is -4.14. The number of benzene rings is 3. The van der Waals surface area contributed by atoms with Gasteiger partial charge in [-0.15, -0.1) is 0 Å². The summed E-state index contributed by atoms with van der Waals surface area (Å²) in [5.41, 5.74) is 2.36. The van der Waals surface area contributed by atoms with Gasteiger partial charge in [0.05, 0.1) is 35.6 Å². The summed E-state index contributed by atoms with van der Waals surface area (Å²) in [7, 11) is 0. The normalized spacial score (nSPS) is 14.3. The van der Waals surface area contributed by atoms with Gasteiger partial charge in [0.25, 0.3) is 5.91 Å². The van der Waals surface area contributed by atoms with E-state index in [2.05, 4.69) is 15.3 Å². The number of carboxylic acid groups (broad SMARTS) is 1. The number of fused-ring (bicyclic) bond motifs is 1. The zero-order valence-corrected chi connectivity index (χ0v) is 20.7. The summed E-state index contributed by atoms with van der Waals surface area (Å²) in [6.45, 7) is 0.294. The van der Waals surface area contributed by atoms with Gasteiger partial charge < -0.3 is 19.9 Å². The summed E-state index contributed by atoms with van der Waals surface area (Å²) < 4.78 is 11.5. The molecule has 0 aliphatic carbocycles. The number of hydrogen-bond acceptors (Lipinski definition) is 6. The number of carbonyl (C=O) groups excluding carboxylic acids is 1. The number of halogens is 2. The van der Waals surface area contributed by atoms with E-state index in [-0.39, 0.29) is 10.9 Å². The molecule has 2 N–H and O–H groups in total. The molecule has 8 nitrogen and oxygen atoms in total. The van der Waals surface area contributed by atoms with Crippen LogP contribution in [0.4, 0.5) is 5.82 Å². The highest BCUT2D eigenvalue weighted by molar-refractivity contribution is 6.32. The van der Waals surface area contributed by atoms with Gasteiger partial charge in [0.2, 0.25) is 0 Å². The zero-order chi connectivity index (χ0) is 25.9. The standard InChI is InChI=1S/C27H19Cl2N3O5/c28-17-3-1-2-16(10-17)22-13-31-25(14-30-22)32-26(33)15-4-6-18(7-5-15)37-24-12-23-20(11-21(24)29)19(27(34)35)8-9-36-23/h1-7,10-14,19H,8-9H2,(H,34,35)(H,31,32,33). The van der Waals surface area contributed by atoms with E-state index in [1.54, 1.807) is 54.7 Å². The fraction of sp³-hybridized carbons (Fsp3) is 0.111. The molecule has 0 bridgehead atoms. The molecule has 4 aromatic rings. The lowest BCUT2D eigenvalue weighted by Gasteiger charge is -2.24. The maximum Gasteiger partial charge on any atom is 0.311 e. The van der Waals surface area contributed by atoms with Crippen LogP contribution >= 0.6 is 23.2 Å². The molecule has 0 saturated heterocycles. The van der Waals surface area contributed by atoms with Gasteiger partial charge in [0.1, 0.15) is 17.2 Å². The molecule has 5 rings (SSSR count). The van der Waals surface area contributed by atoms with Gasteiger partial charge >= 0.3 is 5.97 Å². The van der Waals surface area contributed by atoms with E-state index in [0.29, 0.717) is 57.9 Å². The van der Waals surface area contributed by atoms with Crippen molar-refractivity contribution >= 4 is 40.9 Å². The second-order valence-electron chi connectivity index (χ2n) is 8.23. The minimum atomic E-state index is -0.925. The van der Waals surface area contributed by atoms with Crippen LogP contribution in [0.15, 0.2) is 73.1 Å². The average Bonchev–Trinajstić information content (AvgIpc) is 2.89. The minimum absolute atomic E-state index is 0.261. The van der Waals surface area contributed by atoms with Crippen LogP contribution in [-0.2, 0) is 4.79 Å². The molecule has 1 aliphatic heterocycles. The van der Waals surface area contributed by atoms with Crippen molar-refractivity contribution in [2.75, 3.05) is 11.9 Å². The molecule has 1 aromatic heterocycles. The van der Waals surface area contributed by atoms with Crippen molar-refractivity contribution in [2.24, 2.45) is 0 Å². The van der Waals surface area contributed by atoms with Crippen molar-refractivity contribution in [3.8, 4) is 28.5 Å². The van der Waals surface area contributed by atoms with Gasteiger partial charge in [-0.2, -0.15) is 0 Å². The first-order chi connectivity index (χ1) is 17.9. The van der Waals surface area contributed by atoms with Gasteiger partial charge in [-0.3, -0.25) is 14.6 Å². The van der Waals surface area contributed by atoms with Crippen molar-refractivity contribution < 1.29 is 24.2 Å². The average molecular weight is 536 g/mol. The van der Waals surface area contributed by atoms with E-state index in [1.807, 2.05) is 12.1 Å². The topological polar surface area (TPSA) is 111 Å². The Morgan fingerprint density at radius 3 is 2.54 bits per heavy atom. The van der Waals surface area contributed by atoms with E-state index in [9.17, 15) is 14.7 Å². The second-order valence-corrected chi connectivity index (χ2v) is 9.07. The third kappa shape index (κ3) is 5.50. The number of nitrogens with zero attached hydrogens (tertiary/aromatic N) is 2. The highest BCUT2D eigenvalue weighted by Crippen LogP contribution is 2.41. The molecule has 1 unspecified atom stereocenters. The van der Waals surface area contributed by atoms with Crippen LogP contribution in [0.25, 0.3) is 11.3 Å². The van der Waals surface area contributed by atoms with Gasteiger partial charge in [-0.1, -0.05) is 35.3 Å². The van der Waals surface area contributed by atoms with Crippen molar-refractivity contribution in [3.05, 3.63) is 94.2 Å². The van der Waals surface area contributed by atoms with Crippen molar-refractivity contribution in [1.82, 2.24) is 9.97 Å². The van der Waals surface area contributed by atoms with Crippen molar-refractivity contribution in [1.29, 1.82) is 0 Å². The molecule has 37 heavy (non-hydrogen) atoms. The van der Waals surface area contributed by atoms with Gasteiger partial charge in [0.15, 0.2) is 5.82 Å². The number of carbonyl (C=O) groups is 2. The number of nitrogens with one attached hydrogen (secondary N) is 1. The summed E-state index contributed by atoms with van der Waals surface area (Å²) >= 11 is 12.4. The number of hydrogen-bond donors (Lipinski definition) is 2. The maximum atomic E-state index is 12.7. The molecule has 1 amide bonds. The third-order valence-electron chi connectivity index (χ3n) is 5.76. The smallest absolute Gasteiger partial charge is 0.311 e. The third-order valence-corrected chi connectivity index (χ3v) is 6.29. The summed E-state index contributed by atoms with van der Waals surface area (Å²) in [4.78, 5) is 32.8. The highest BCUT2D eigenvalue weighted by atomic mass is 35.5. The van der Waals surface area contributed by atoms with Crippen molar-refractivity contribution in [2.45, 2.75) is 12.3 Å². The van der Waals surface area contributed by atoms with E-state index < -0.39 is 11.9 Å². The summed E-state index contributed by atoms with van der Waals surface area (Å²) in [6, 6.07) is 16.8. The Morgan fingerprint density at radius 2 is 1.84 bits per heavy atom. The highest BCUT2D eigenvalue weighted by Gasteiger charge is 2.29. The van der Waals surface area contributed by atoms with Crippen molar-refractivity contribution in [3.63, 3.8) is 0 Å².